The van der Waals surface area contributed by atoms with Crippen LogP contribution in [0.1, 0.15) is 21.6 Å². The van der Waals surface area contributed by atoms with E-state index < -0.39 is 0 Å². The van der Waals surface area contributed by atoms with E-state index in [2.05, 4.69) is 20.7 Å². The normalized spacial score (nSPS) is 10.0. The first-order chi connectivity index (χ1) is 9.20. The molecule has 19 heavy (non-hydrogen) atoms. The van der Waals surface area contributed by atoms with Crippen molar-refractivity contribution in [2.24, 2.45) is 5.84 Å². The summed E-state index contributed by atoms with van der Waals surface area (Å²) in [5.41, 5.74) is 5.40. The molecule has 0 saturated carbocycles. The summed E-state index contributed by atoms with van der Waals surface area (Å²) in [7, 11) is 0. The molecule has 2 rings (SSSR count). The summed E-state index contributed by atoms with van der Waals surface area (Å²) in [6.45, 7) is 2.28. The number of nitrogen functional groups attached to an aromatic ring is 1. The number of carbonyl (C=O) groups is 1. The van der Waals surface area contributed by atoms with Crippen molar-refractivity contribution in [3.05, 3.63) is 53.6 Å². The Balaban J connectivity index is 2.08. The minimum Gasteiger partial charge on any atom is -0.346 e. The first-order valence-electron chi connectivity index (χ1n) is 5.81. The highest BCUT2D eigenvalue weighted by molar-refractivity contribution is 5.99. The van der Waals surface area contributed by atoms with Crippen molar-refractivity contribution in [3.63, 3.8) is 0 Å². The van der Waals surface area contributed by atoms with Crippen LogP contribution in [-0.4, -0.2) is 15.9 Å². The fourth-order valence-corrected chi connectivity index (χ4v) is 1.66. The van der Waals surface area contributed by atoms with Crippen LogP contribution < -0.4 is 16.6 Å². The molecule has 0 bridgehead atoms. The predicted molar refractivity (Wildman–Crippen MR) is 72.2 cm³/mol. The molecule has 98 valence electrons. The van der Waals surface area contributed by atoms with Gasteiger partial charge in [-0.3, -0.25) is 10.6 Å². The second-order valence-electron chi connectivity index (χ2n) is 4.08. The minimum absolute atomic E-state index is 0.202. The molecule has 1 aromatic heterocycles. The second-order valence-corrected chi connectivity index (χ2v) is 4.08. The van der Waals surface area contributed by atoms with Crippen molar-refractivity contribution < 1.29 is 4.79 Å². The number of anilines is 1. The third kappa shape index (κ3) is 3.26. The number of hydrogen-bond acceptors (Lipinski definition) is 5. The van der Waals surface area contributed by atoms with Crippen LogP contribution in [0.15, 0.2) is 36.8 Å². The van der Waals surface area contributed by atoms with Crippen molar-refractivity contribution in [2.75, 3.05) is 5.43 Å². The number of nitrogens with zero attached hydrogens (tertiary/aromatic N) is 2. The van der Waals surface area contributed by atoms with Crippen LogP contribution in [0.5, 0.6) is 0 Å². The van der Waals surface area contributed by atoms with Crippen molar-refractivity contribution in [3.8, 4) is 0 Å². The number of rotatable bonds is 4. The van der Waals surface area contributed by atoms with Crippen molar-refractivity contribution in [2.45, 2.75) is 13.5 Å². The van der Waals surface area contributed by atoms with Gasteiger partial charge in [0.25, 0.3) is 5.91 Å². The lowest BCUT2D eigenvalue weighted by atomic mass is 10.1. The highest BCUT2D eigenvalue weighted by atomic mass is 16.1. The van der Waals surface area contributed by atoms with Crippen LogP contribution >= 0.6 is 0 Å². The number of aryl methyl sites for hydroxylation is 1. The number of nitrogens with one attached hydrogen (secondary N) is 2. The van der Waals surface area contributed by atoms with E-state index in [9.17, 15) is 4.79 Å². The van der Waals surface area contributed by atoms with E-state index in [-0.39, 0.29) is 5.91 Å². The lowest BCUT2D eigenvalue weighted by molar-refractivity contribution is 0.0951. The number of hydrazine groups is 1. The smallest absolute Gasteiger partial charge is 0.253 e. The van der Waals surface area contributed by atoms with E-state index >= 15 is 0 Å². The molecule has 0 aliphatic rings. The molecular weight excluding hydrogens is 242 g/mol. The van der Waals surface area contributed by atoms with Gasteiger partial charge < -0.3 is 10.7 Å². The van der Waals surface area contributed by atoms with Gasteiger partial charge in [-0.05, 0) is 30.7 Å². The lowest BCUT2D eigenvalue weighted by Crippen LogP contribution is -2.25. The SMILES string of the molecule is Cc1ccc(C(=O)NCc2ccncn2)c(NN)c1. The number of carbonyl (C=O) groups excluding carboxylic acids is 1. The lowest BCUT2D eigenvalue weighted by Gasteiger charge is -2.10. The van der Waals surface area contributed by atoms with E-state index in [1.54, 1.807) is 18.3 Å². The molecule has 2 aromatic rings. The van der Waals surface area contributed by atoms with Crippen molar-refractivity contribution >= 4 is 11.6 Å². The highest BCUT2D eigenvalue weighted by Crippen LogP contribution is 2.16. The van der Waals surface area contributed by atoms with Gasteiger partial charge >= 0.3 is 0 Å². The van der Waals surface area contributed by atoms with Crippen molar-refractivity contribution in [1.29, 1.82) is 0 Å². The highest BCUT2D eigenvalue weighted by Gasteiger charge is 2.10. The number of aromatic nitrogens is 2. The van der Waals surface area contributed by atoms with Gasteiger partial charge in [-0.1, -0.05) is 6.07 Å². The topological polar surface area (TPSA) is 92.9 Å². The summed E-state index contributed by atoms with van der Waals surface area (Å²) >= 11 is 0. The van der Waals surface area contributed by atoms with Crippen molar-refractivity contribution in [1.82, 2.24) is 15.3 Å². The Kier molecular flexibility index (Phi) is 4.04. The summed E-state index contributed by atoms with van der Waals surface area (Å²) in [5, 5.41) is 2.78. The Hall–Kier alpha value is -2.47. The Labute approximate surface area is 111 Å². The molecule has 6 heteroatoms. The predicted octanol–water partition coefficient (Wildman–Crippen LogP) is 1.00. The molecule has 0 fully saturated rings. The number of nitrogens with two attached hydrogens (primary N) is 1. The number of benzene rings is 1. The van der Waals surface area contributed by atoms with E-state index in [1.807, 2.05) is 19.1 Å². The molecule has 0 radical (unpaired) electrons. The zero-order valence-electron chi connectivity index (χ0n) is 10.6. The Morgan fingerprint density at radius 3 is 2.89 bits per heavy atom. The van der Waals surface area contributed by atoms with Crippen LogP contribution in [0.25, 0.3) is 0 Å². The number of amides is 1. The zero-order chi connectivity index (χ0) is 13.7. The third-order valence-electron chi connectivity index (χ3n) is 2.65. The summed E-state index contributed by atoms with van der Waals surface area (Å²) in [6, 6.07) is 7.16. The molecule has 0 aliphatic heterocycles. The molecule has 1 aromatic carbocycles. The quantitative estimate of drug-likeness (QED) is 0.561. The molecule has 1 heterocycles. The zero-order valence-corrected chi connectivity index (χ0v) is 10.6. The maximum Gasteiger partial charge on any atom is 0.253 e. The molecule has 0 atom stereocenters. The minimum atomic E-state index is -0.202. The van der Waals surface area contributed by atoms with Crippen LogP contribution in [-0.2, 0) is 6.54 Å². The first kappa shape index (κ1) is 13.0. The van der Waals surface area contributed by atoms with Gasteiger partial charge in [-0.15, -0.1) is 0 Å². The maximum atomic E-state index is 12.1. The van der Waals surface area contributed by atoms with Gasteiger partial charge in [0, 0.05) is 6.20 Å². The Bertz CT molecular complexity index is 571. The second kappa shape index (κ2) is 5.92. The third-order valence-corrected chi connectivity index (χ3v) is 2.65. The van der Waals surface area contributed by atoms with Gasteiger partial charge in [0.2, 0.25) is 0 Å². The largest absolute Gasteiger partial charge is 0.346 e. The molecule has 0 unspecified atom stereocenters. The molecule has 0 aliphatic carbocycles. The Morgan fingerprint density at radius 2 is 2.21 bits per heavy atom. The molecule has 1 amide bonds. The summed E-state index contributed by atoms with van der Waals surface area (Å²) < 4.78 is 0. The van der Waals surface area contributed by atoms with Crippen LogP contribution in [0.2, 0.25) is 0 Å². The first-order valence-corrected chi connectivity index (χ1v) is 5.81. The van der Waals surface area contributed by atoms with Crippen LogP contribution in [0.3, 0.4) is 0 Å². The van der Waals surface area contributed by atoms with Gasteiger partial charge in [0.1, 0.15) is 6.33 Å². The summed E-state index contributed by atoms with van der Waals surface area (Å²) in [4.78, 5) is 19.9. The summed E-state index contributed by atoms with van der Waals surface area (Å²) in [6.07, 6.45) is 3.08. The van der Waals surface area contributed by atoms with Gasteiger partial charge in [0.05, 0.1) is 23.5 Å². The van der Waals surface area contributed by atoms with Gasteiger partial charge in [-0.2, -0.15) is 0 Å². The Morgan fingerprint density at radius 1 is 1.37 bits per heavy atom. The standard InChI is InChI=1S/C13H15N5O/c1-9-2-3-11(12(6-9)18-14)13(19)16-7-10-4-5-15-8-17-10/h2-6,8,18H,7,14H2,1H3,(H,16,19). The van der Waals surface area contributed by atoms with E-state index in [0.29, 0.717) is 17.8 Å². The monoisotopic (exact) mass is 257 g/mol. The molecule has 6 nitrogen and oxygen atoms in total. The van der Waals surface area contributed by atoms with Gasteiger partial charge in [0.15, 0.2) is 0 Å². The fraction of sp³-hybridized carbons (Fsp3) is 0.154. The molecular formula is C13H15N5O. The average Bonchev–Trinajstić information content (AvgIpc) is 2.45. The molecule has 4 N–H and O–H groups in total. The fourth-order valence-electron chi connectivity index (χ4n) is 1.66. The molecule has 0 spiro atoms. The average molecular weight is 257 g/mol. The number of hydrogen-bond donors (Lipinski definition) is 3. The van der Waals surface area contributed by atoms with E-state index in [0.717, 1.165) is 11.3 Å². The van der Waals surface area contributed by atoms with Gasteiger partial charge in [-0.25, -0.2) is 9.97 Å². The summed E-state index contributed by atoms with van der Waals surface area (Å²) in [5.74, 6) is 5.21. The van der Waals surface area contributed by atoms with E-state index in [4.69, 9.17) is 5.84 Å². The van der Waals surface area contributed by atoms with Crippen LogP contribution in [0.4, 0.5) is 5.69 Å². The molecule has 0 saturated heterocycles. The van der Waals surface area contributed by atoms with E-state index in [1.165, 1.54) is 6.33 Å². The van der Waals surface area contributed by atoms with Crippen LogP contribution in [0, 0.1) is 6.92 Å². The maximum absolute atomic E-state index is 12.1.